The summed E-state index contributed by atoms with van der Waals surface area (Å²) in [4.78, 5) is 24.8. The smallest absolute Gasteiger partial charge is 0.309 e. The molecule has 0 aliphatic rings. The second kappa shape index (κ2) is 11.2. The molecule has 4 aromatic carbocycles. The third-order valence-corrected chi connectivity index (χ3v) is 6.04. The molecule has 0 saturated carbocycles. The lowest BCUT2D eigenvalue weighted by Gasteiger charge is -2.11. The van der Waals surface area contributed by atoms with Crippen molar-refractivity contribution in [2.24, 2.45) is 0 Å². The van der Waals surface area contributed by atoms with Crippen LogP contribution in [0.2, 0.25) is 0 Å². The van der Waals surface area contributed by atoms with Gasteiger partial charge in [0.2, 0.25) is 5.88 Å². The first-order valence-corrected chi connectivity index (χ1v) is 12.2. The van der Waals surface area contributed by atoms with Gasteiger partial charge in [0, 0.05) is 23.7 Å². The van der Waals surface area contributed by atoms with Crippen LogP contribution in [0.3, 0.4) is 0 Å². The highest BCUT2D eigenvalue weighted by Gasteiger charge is 2.25. The summed E-state index contributed by atoms with van der Waals surface area (Å²) in [5.41, 5.74) is 3.46. The van der Waals surface area contributed by atoms with Crippen molar-refractivity contribution in [1.29, 1.82) is 0 Å². The van der Waals surface area contributed by atoms with Crippen molar-refractivity contribution in [1.82, 2.24) is 9.78 Å². The lowest BCUT2D eigenvalue weighted by atomic mass is 10.0. The molecule has 0 radical (unpaired) electrons. The molecule has 1 N–H and O–H groups in total. The Morgan fingerprint density at radius 1 is 0.825 bits per heavy atom. The highest BCUT2D eigenvalue weighted by Crippen LogP contribution is 2.41. The molecule has 0 unspecified atom stereocenters. The number of hydrogen-bond donors (Lipinski definition) is 1. The van der Waals surface area contributed by atoms with Gasteiger partial charge in [-0.2, -0.15) is 9.78 Å². The molecular formula is C31H23F2N3O4. The van der Waals surface area contributed by atoms with Crippen molar-refractivity contribution in [2.45, 2.75) is 6.92 Å². The van der Waals surface area contributed by atoms with E-state index in [0.717, 1.165) is 0 Å². The normalized spacial score (nSPS) is 10.7. The zero-order chi connectivity index (χ0) is 28.2. The molecule has 1 amide bonds. The maximum Gasteiger partial charge on any atom is 0.309 e. The highest BCUT2D eigenvalue weighted by atomic mass is 19.1. The standard InChI is InChI=1S/C31H23F2N3O4/c1-19(37)40-31-28(20-8-14-25(15-9-20)34-30(38)22-6-12-23(32)13-7-22)29(21-10-16-27(39-2)17-11-21)35-36(31)26-5-3-4-24(33)18-26/h3-18H,1-2H3,(H,34,38). The SMILES string of the molecule is COc1ccc(-c2nn(-c3cccc(F)c3)c(OC(C)=O)c2-c2ccc(NC(=O)c3ccc(F)cc3)cc2)cc1. The quantitative estimate of drug-likeness (QED) is 0.234. The van der Waals surface area contributed by atoms with Gasteiger partial charge in [-0.25, -0.2) is 8.78 Å². The van der Waals surface area contributed by atoms with Crippen molar-refractivity contribution >= 4 is 17.6 Å². The maximum atomic E-state index is 14.2. The van der Waals surface area contributed by atoms with Gasteiger partial charge >= 0.3 is 5.97 Å². The van der Waals surface area contributed by atoms with E-state index in [-0.39, 0.29) is 5.88 Å². The van der Waals surface area contributed by atoms with Crippen LogP contribution < -0.4 is 14.8 Å². The summed E-state index contributed by atoms with van der Waals surface area (Å²) in [6.07, 6.45) is 0. The lowest BCUT2D eigenvalue weighted by Crippen LogP contribution is -2.11. The van der Waals surface area contributed by atoms with Gasteiger partial charge in [0.05, 0.1) is 18.4 Å². The fraction of sp³-hybridized carbons (Fsp3) is 0.0645. The third-order valence-electron chi connectivity index (χ3n) is 6.04. The number of anilines is 1. The number of hydrogen-bond acceptors (Lipinski definition) is 5. The first kappa shape index (κ1) is 26.3. The van der Waals surface area contributed by atoms with Crippen LogP contribution in [0, 0.1) is 11.6 Å². The molecule has 0 saturated heterocycles. The van der Waals surface area contributed by atoms with E-state index in [4.69, 9.17) is 14.6 Å². The Morgan fingerprint density at radius 2 is 1.50 bits per heavy atom. The summed E-state index contributed by atoms with van der Waals surface area (Å²) < 4.78 is 39.7. The average molecular weight is 540 g/mol. The zero-order valence-corrected chi connectivity index (χ0v) is 21.5. The first-order valence-electron chi connectivity index (χ1n) is 12.2. The van der Waals surface area contributed by atoms with Crippen LogP contribution in [0.25, 0.3) is 28.1 Å². The summed E-state index contributed by atoms with van der Waals surface area (Å²) in [5.74, 6) is -1.13. The zero-order valence-electron chi connectivity index (χ0n) is 21.5. The molecule has 0 spiro atoms. The van der Waals surface area contributed by atoms with Crippen LogP contribution in [-0.4, -0.2) is 28.8 Å². The molecule has 40 heavy (non-hydrogen) atoms. The van der Waals surface area contributed by atoms with Gasteiger partial charge in [0.25, 0.3) is 5.91 Å². The van der Waals surface area contributed by atoms with Gasteiger partial charge in [0.15, 0.2) is 0 Å². The number of rotatable bonds is 7. The summed E-state index contributed by atoms with van der Waals surface area (Å²) in [6.45, 7) is 1.27. The van der Waals surface area contributed by atoms with E-state index < -0.39 is 23.5 Å². The van der Waals surface area contributed by atoms with Crippen LogP contribution in [0.1, 0.15) is 17.3 Å². The monoisotopic (exact) mass is 539 g/mol. The molecule has 1 heterocycles. The van der Waals surface area contributed by atoms with Crippen LogP contribution in [0.4, 0.5) is 14.5 Å². The van der Waals surface area contributed by atoms with Crippen molar-refractivity contribution in [2.75, 3.05) is 12.4 Å². The Labute approximate surface area is 228 Å². The predicted octanol–water partition coefficient (Wildman–Crippen LogP) is 6.67. The second-order valence-corrected chi connectivity index (χ2v) is 8.78. The molecule has 200 valence electrons. The van der Waals surface area contributed by atoms with E-state index >= 15 is 0 Å². The number of nitrogens with one attached hydrogen (secondary N) is 1. The number of amides is 1. The molecule has 7 nitrogen and oxygen atoms in total. The van der Waals surface area contributed by atoms with Gasteiger partial charge in [-0.1, -0.05) is 18.2 Å². The molecule has 1 aromatic heterocycles. The first-order chi connectivity index (χ1) is 19.3. The fourth-order valence-electron chi connectivity index (χ4n) is 4.15. The minimum Gasteiger partial charge on any atom is -0.497 e. The Kier molecular flexibility index (Phi) is 7.37. The number of ether oxygens (including phenoxy) is 2. The summed E-state index contributed by atoms with van der Waals surface area (Å²) >= 11 is 0. The van der Waals surface area contributed by atoms with Crippen LogP contribution in [0.5, 0.6) is 11.6 Å². The van der Waals surface area contributed by atoms with Gasteiger partial charge in [-0.15, -0.1) is 0 Å². The van der Waals surface area contributed by atoms with Crippen molar-refractivity contribution in [3.63, 3.8) is 0 Å². The minimum absolute atomic E-state index is 0.104. The van der Waals surface area contributed by atoms with Gasteiger partial charge in [-0.3, -0.25) is 9.59 Å². The number of carbonyl (C=O) groups is 2. The topological polar surface area (TPSA) is 82.4 Å². The van der Waals surface area contributed by atoms with E-state index in [1.165, 1.54) is 54.1 Å². The van der Waals surface area contributed by atoms with E-state index in [1.54, 1.807) is 49.6 Å². The molecular weight excluding hydrogens is 516 g/mol. The number of aromatic nitrogens is 2. The van der Waals surface area contributed by atoms with E-state index in [0.29, 0.717) is 45.1 Å². The van der Waals surface area contributed by atoms with Crippen molar-refractivity contribution in [3.05, 3.63) is 114 Å². The average Bonchev–Trinajstić information content (AvgIpc) is 3.32. The third kappa shape index (κ3) is 5.58. The number of esters is 1. The molecule has 5 rings (SSSR count). The predicted molar refractivity (Wildman–Crippen MR) is 147 cm³/mol. The van der Waals surface area contributed by atoms with E-state index in [9.17, 15) is 18.4 Å². The van der Waals surface area contributed by atoms with Gasteiger partial charge in [0.1, 0.15) is 23.1 Å². The lowest BCUT2D eigenvalue weighted by molar-refractivity contribution is -0.132. The number of methoxy groups -OCH3 is 1. The van der Waals surface area contributed by atoms with Crippen molar-refractivity contribution < 1.29 is 27.8 Å². The number of nitrogens with zero attached hydrogens (tertiary/aromatic N) is 2. The highest BCUT2D eigenvalue weighted by molar-refractivity contribution is 6.04. The Morgan fingerprint density at radius 3 is 2.12 bits per heavy atom. The Balaban J connectivity index is 1.60. The molecule has 0 aliphatic heterocycles. The number of halogens is 2. The molecule has 0 aliphatic carbocycles. The molecule has 9 heteroatoms. The molecule has 0 fully saturated rings. The van der Waals surface area contributed by atoms with Crippen LogP contribution >= 0.6 is 0 Å². The van der Waals surface area contributed by atoms with Gasteiger partial charge in [-0.05, 0) is 84.4 Å². The fourth-order valence-corrected chi connectivity index (χ4v) is 4.15. The largest absolute Gasteiger partial charge is 0.497 e. The van der Waals surface area contributed by atoms with Gasteiger partial charge < -0.3 is 14.8 Å². The second-order valence-electron chi connectivity index (χ2n) is 8.78. The molecule has 0 bridgehead atoms. The summed E-state index contributed by atoms with van der Waals surface area (Å²) in [7, 11) is 1.56. The Hall–Kier alpha value is -5.31. The molecule has 5 aromatic rings. The maximum absolute atomic E-state index is 14.2. The van der Waals surface area contributed by atoms with E-state index in [1.807, 2.05) is 12.1 Å². The number of carbonyl (C=O) groups excluding carboxylic acids is 2. The van der Waals surface area contributed by atoms with Crippen molar-refractivity contribution in [3.8, 4) is 39.7 Å². The summed E-state index contributed by atoms with van der Waals surface area (Å²) in [6, 6.07) is 25.0. The Bertz CT molecular complexity index is 1680. The van der Waals surface area contributed by atoms with Crippen LogP contribution in [-0.2, 0) is 4.79 Å². The summed E-state index contributed by atoms with van der Waals surface area (Å²) in [5, 5.41) is 7.50. The van der Waals surface area contributed by atoms with E-state index in [2.05, 4.69) is 5.32 Å². The van der Waals surface area contributed by atoms with Crippen LogP contribution in [0.15, 0.2) is 97.1 Å². The minimum atomic E-state index is -0.580. The number of benzene rings is 4. The molecule has 0 atom stereocenters.